The molecule has 5 heteroatoms. The van der Waals surface area contributed by atoms with E-state index >= 15 is 0 Å². The number of thiophene rings is 1. The summed E-state index contributed by atoms with van der Waals surface area (Å²) in [7, 11) is 0. The van der Waals surface area contributed by atoms with Crippen LogP contribution in [-0.4, -0.2) is 29.7 Å². The highest BCUT2D eigenvalue weighted by Crippen LogP contribution is 2.27. The molecule has 1 atom stereocenters. The molecule has 4 nitrogen and oxygen atoms in total. The van der Waals surface area contributed by atoms with Crippen LogP contribution in [0.2, 0.25) is 0 Å². The molecule has 1 aliphatic rings. The number of hydrogen-bond acceptors (Lipinski definition) is 5. The molecule has 100 valence electrons. The van der Waals surface area contributed by atoms with Gasteiger partial charge in [-0.1, -0.05) is 0 Å². The van der Waals surface area contributed by atoms with Crippen LogP contribution in [0.15, 0.2) is 29.2 Å². The number of hydrogen-bond donors (Lipinski definition) is 1. The molecule has 0 bridgehead atoms. The van der Waals surface area contributed by atoms with E-state index in [1.807, 2.05) is 11.4 Å². The van der Waals surface area contributed by atoms with Gasteiger partial charge in [0.1, 0.15) is 5.69 Å². The summed E-state index contributed by atoms with van der Waals surface area (Å²) in [6, 6.07) is 2.05. The van der Waals surface area contributed by atoms with Crippen molar-refractivity contribution in [1.82, 2.24) is 15.3 Å². The zero-order valence-corrected chi connectivity index (χ0v) is 11.5. The Morgan fingerprint density at radius 1 is 1.37 bits per heavy atom. The summed E-state index contributed by atoms with van der Waals surface area (Å²) >= 11 is 1.66. The Labute approximate surface area is 116 Å². The number of nitrogens with zero attached hydrogens (tertiary/aromatic N) is 2. The van der Waals surface area contributed by atoms with E-state index in [0.29, 0.717) is 18.4 Å². The quantitative estimate of drug-likeness (QED) is 0.931. The van der Waals surface area contributed by atoms with E-state index in [9.17, 15) is 0 Å². The van der Waals surface area contributed by atoms with E-state index in [4.69, 9.17) is 4.74 Å². The number of nitrogens with one attached hydrogen (secondary N) is 1. The van der Waals surface area contributed by atoms with Crippen LogP contribution < -0.4 is 10.1 Å². The Bertz CT molecular complexity index is 509. The highest BCUT2D eigenvalue weighted by molar-refractivity contribution is 7.08. The minimum Gasteiger partial charge on any atom is -0.476 e. The molecule has 1 unspecified atom stereocenters. The molecule has 0 saturated carbocycles. The maximum absolute atomic E-state index is 5.89. The molecule has 0 spiro atoms. The van der Waals surface area contributed by atoms with E-state index in [0.717, 1.165) is 24.3 Å². The summed E-state index contributed by atoms with van der Waals surface area (Å²) in [5.74, 6) is 1.22. The van der Waals surface area contributed by atoms with Crippen molar-refractivity contribution in [2.24, 2.45) is 5.92 Å². The number of rotatable bonds is 4. The largest absolute Gasteiger partial charge is 0.476 e. The molecular formula is C14H17N3OS. The van der Waals surface area contributed by atoms with Gasteiger partial charge in [0.15, 0.2) is 0 Å². The zero-order valence-electron chi connectivity index (χ0n) is 10.7. The molecule has 2 aromatic heterocycles. The zero-order chi connectivity index (χ0) is 12.9. The third kappa shape index (κ3) is 3.11. The van der Waals surface area contributed by atoms with E-state index in [1.54, 1.807) is 23.7 Å². The first-order valence-electron chi connectivity index (χ1n) is 6.60. The second-order valence-electron chi connectivity index (χ2n) is 4.75. The van der Waals surface area contributed by atoms with Crippen molar-refractivity contribution in [2.45, 2.75) is 12.8 Å². The van der Waals surface area contributed by atoms with Gasteiger partial charge in [0, 0.05) is 35.8 Å². The standard InChI is InChI=1S/C14H17N3OS/c1-2-11(8-15-4-1)9-18-14-13(16-5-6-17-14)12-3-7-19-10-12/h3,5-7,10-11,15H,1-2,4,8-9H2. The second kappa shape index (κ2) is 6.12. The number of piperidine rings is 1. The lowest BCUT2D eigenvalue weighted by Crippen LogP contribution is -2.33. The first-order chi connectivity index (χ1) is 9.43. The first kappa shape index (κ1) is 12.6. The van der Waals surface area contributed by atoms with Crippen molar-refractivity contribution in [2.75, 3.05) is 19.7 Å². The summed E-state index contributed by atoms with van der Waals surface area (Å²) in [6.07, 6.45) is 5.85. The van der Waals surface area contributed by atoms with E-state index in [1.165, 1.54) is 12.8 Å². The fraction of sp³-hybridized carbons (Fsp3) is 0.429. The lowest BCUT2D eigenvalue weighted by molar-refractivity contribution is 0.212. The molecular weight excluding hydrogens is 258 g/mol. The van der Waals surface area contributed by atoms with Crippen LogP contribution in [0.5, 0.6) is 5.88 Å². The normalized spacial score (nSPS) is 19.3. The summed E-state index contributed by atoms with van der Waals surface area (Å²) < 4.78 is 5.89. The van der Waals surface area contributed by atoms with Crippen molar-refractivity contribution in [3.63, 3.8) is 0 Å². The van der Waals surface area contributed by atoms with Crippen molar-refractivity contribution in [1.29, 1.82) is 0 Å². The van der Waals surface area contributed by atoms with Gasteiger partial charge in [-0.2, -0.15) is 11.3 Å². The van der Waals surface area contributed by atoms with Gasteiger partial charge >= 0.3 is 0 Å². The van der Waals surface area contributed by atoms with Crippen molar-refractivity contribution >= 4 is 11.3 Å². The van der Waals surface area contributed by atoms with Crippen LogP contribution in [0.1, 0.15) is 12.8 Å². The van der Waals surface area contributed by atoms with Crippen LogP contribution in [0.25, 0.3) is 11.3 Å². The van der Waals surface area contributed by atoms with E-state index in [-0.39, 0.29) is 0 Å². The summed E-state index contributed by atoms with van der Waals surface area (Å²) in [6.45, 7) is 2.87. The Morgan fingerprint density at radius 2 is 2.32 bits per heavy atom. The summed E-state index contributed by atoms with van der Waals surface area (Å²) in [5.41, 5.74) is 1.92. The lowest BCUT2D eigenvalue weighted by Gasteiger charge is -2.22. The fourth-order valence-electron chi connectivity index (χ4n) is 2.29. The number of aromatic nitrogens is 2. The SMILES string of the molecule is c1cnc(-c2ccsc2)c(OCC2CCCNC2)n1. The van der Waals surface area contributed by atoms with Gasteiger partial charge in [-0.15, -0.1) is 0 Å². The Hall–Kier alpha value is -1.46. The molecule has 1 N–H and O–H groups in total. The smallest absolute Gasteiger partial charge is 0.240 e. The van der Waals surface area contributed by atoms with Gasteiger partial charge in [0.25, 0.3) is 0 Å². The van der Waals surface area contributed by atoms with Crippen LogP contribution in [0.3, 0.4) is 0 Å². The molecule has 0 aromatic carbocycles. The average molecular weight is 275 g/mol. The maximum Gasteiger partial charge on any atom is 0.240 e. The molecule has 0 amide bonds. The molecule has 3 rings (SSSR count). The Morgan fingerprint density at radius 3 is 3.11 bits per heavy atom. The number of ether oxygens (including phenoxy) is 1. The highest BCUT2D eigenvalue weighted by Gasteiger charge is 2.16. The molecule has 2 aromatic rings. The van der Waals surface area contributed by atoms with E-state index in [2.05, 4.69) is 20.7 Å². The molecule has 1 aliphatic heterocycles. The molecule has 1 saturated heterocycles. The minimum absolute atomic E-state index is 0.575. The monoisotopic (exact) mass is 275 g/mol. The third-order valence-corrected chi connectivity index (χ3v) is 4.00. The van der Waals surface area contributed by atoms with Crippen LogP contribution in [0, 0.1) is 5.92 Å². The molecule has 0 aliphatic carbocycles. The van der Waals surface area contributed by atoms with Crippen LogP contribution in [-0.2, 0) is 0 Å². The van der Waals surface area contributed by atoms with Crippen molar-refractivity contribution in [3.8, 4) is 17.1 Å². The predicted octanol–water partition coefficient (Wildman–Crippen LogP) is 2.58. The first-order valence-corrected chi connectivity index (χ1v) is 7.55. The summed E-state index contributed by atoms with van der Waals surface area (Å²) in [4.78, 5) is 8.71. The van der Waals surface area contributed by atoms with Gasteiger partial charge < -0.3 is 10.1 Å². The van der Waals surface area contributed by atoms with Gasteiger partial charge in [-0.05, 0) is 30.8 Å². The van der Waals surface area contributed by atoms with E-state index < -0.39 is 0 Å². The molecule has 0 radical (unpaired) electrons. The second-order valence-corrected chi connectivity index (χ2v) is 5.53. The van der Waals surface area contributed by atoms with Gasteiger partial charge in [-0.25, -0.2) is 9.97 Å². The minimum atomic E-state index is 0.575. The Balaban J connectivity index is 1.70. The molecule has 19 heavy (non-hydrogen) atoms. The van der Waals surface area contributed by atoms with Gasteiger partial charge in [0.2, 0.25) is 5.88 Å². The Kier molecular flexibility index (Phi) is 4.05. The van der Waals surface area contributed by atoms with Gasteiger partial charge in [0.05, 0.1) is 6.61 Å². The average Bonchev–Trinajstić information content (AvgIpc) is 3.01. The lowest BCUT2D eigenvalue weighted by atomic mass is 10.0. The van der Waals surface area contributed by atoms with Crippen molar-refractivity contribution < 1.29 is 4.74 Å². The predicted molar refractivity (Wildman–Crippen MR) is 76.4 cm³/mol. The van der Waals surface area contributed by atoms with Gasteiger partial charge in [-0.3, -0.25) is 0 Å². The third-order valence-electron chi connectivity index (χ3n) is 3.31. The van der Waals surface area contributed by atoms with Crippen molar-refractivity contribution in [3.05, 3.63) is 29.2 Å². The fourth-order valence-corrected chi connectivity index (χ4v) is 2.93. The molecule has 3 heterocycles. The maximum atomic E-state index is 5.89. The highest BCUT2D eigenvalue weighted by atomic mass is 32.1. The van der Waals surface area contributed by atoms with Crippen LogP contribution in [0.4, 0.5) is 0 Å². The topological polar surface area (TPSA) is 47.0 Å². The summed E-state index contributed by atoms with van der Waals surface area (Å²) in [5, 5.41) is 7.51. The van der Waals surface area contributed by atoms with Crippen LogP contribution >= 0.6 is 11.3 Å². The molecule has 1 fully saturated rings.